The summed E-state index contributed by atoms with van der Waals surface area (Å²) in [5, 5.41) is 0. The van der Waals surface area contributed by atoms with E-state index in [1.165, 1.54) is 0 Å². The van der Waals surface area contributed by atoms with Crippen LogP contribution in [0.4, 0.5) is 13.2 Å². The first-order chi connectivity index (χ1) is 3.98. The molecule has 0 amide bonds. The third-order valence-electron chi connectivity index (χ3n) is 0.751. The Kier molecular flexibility index (Phi) is 2.55. The van der Waals surface area contributed by atoms with Crippen molar-refractivity contribution in [1.29, 1.82) is 0 Å². The molecule has 0 aliphatic rings. The average molecular weight is 139 g/mol. The van der Waals surface area contributed by atoms with Crippen LogP contribution in [0.3, 0.4) is 0 Å². The second-order valence-electron chi connectivity index (χ2n) is 1.57. The zero-order valence-electron chi connectivity index (χ0n) is 5.00. The van der Waals surface area contributed by atoms with Crippen LogP contribution in [0, 0.1) is 0 Å². The van der Waals surface area contributed by atoms with Gasteiger partial charge in [-0.1, -0.05) is 13.0 Å². The second-order valence-corrected chi connectivity index (χ2v) is 1.57. The van der Waals surface area contributed by atoms with Gasteiger partial charge in [0, 0.05) is 0 Å². The Hall–Kier alpha value is -0.670. The summed E-state index contributed by atoms with van der Waals surface area (Å²) in [7, 11) is 0. The van der Waals surface area contributed by atoms with Crippen LogP contribution in [0.2, 0.25) is 0 Å². The average Bonchev–Trinajstić information content (AvgIpc) is 1.64. The summed E-state index contributed by atoms with van der Waals surface area (Å²) in [5.74, 6) is 0. The molecule has 0 heterocycles. The molecule has 0 rings (SSSR count). The van der Waals surface area contributed by atoms with E-state index in [1.807, 2.05) is 0 Å². The number of nitrogens with two attached hydrogens (primary N) is 1. The van der Waals surface area contributed by atoms with Gasteiger partial charge in [0.15, 0.2) is 0 Å². The summed E-state index contributed by atoms with van der Waals surface area (Å²) in [4.78, 5) is 0. The Morgan fingerprint density at radius 2 is 2.00 bits per heavy atom. The molecule has 0 aromatic heterocycles. The monoisotopic (exact) mass is 139 g/mol. The number of allylic oxidation sites excluding steroid dienone is 2. The SMILES string of the molecule is CC/C=C(/N)C(F)(F)F. The summed E-state index contributed by atoms with van der Waals surface area (Å²) in [6, 6.07) is 0. The van der Waals surface area contributed by atoms with Gasteiger partial charge in [-0.05, 0) is 6.42 Å². The van der Waals surface area contributed by atoms with Crippen molar-refractivity contribution in [1.82, 2.24) is 0 Å². The van der Waals surface area contributed by atoms with Crippen molar-refractivity contribution in [2.45, 2.75) is 19.5 Å². The third kappa shape index (κ3) is 3.00. The predicted molar refractivity (Wildman–Crippen MR) is 28.6 cm³/mol. The van der Waals surface area contributed by atoms with E-state index < -0.39 is 11.9 Å². The van der Waals surface area contributed by atoms with Gasteiger partial charge in [0.25, 0.3) is 0 Å². The Morgan fingerprint density at radius 3 is 2.11 bits per heavy atom. The lowest BCUT2D eigenvalue weighted by atomic mass is 10.3. The largest absolute Gasteiger partial charge is 0.430 e. The summed E-state index contributed by atoms with van der Waals surface area (Å²) in [5.41, 5.74) is 3.59. The number of rotatable bonds is 1. The van der Waals surface area contributed by atoms with Crippen LogP contribution in [0.25, 0.3) is 0 Å². The maximum absolute atomic E-state index is 11.4. The molecular weight excluding hydrogens is 131 g/mol. The minimum absolute atomic E-state index is 0.311. The molecule has 1 nitrogen and oxygen atoms in total. The number of alkyl halides is 3. The highest BCUT2D eigenvalue weighted by Gasteiger charge is 2.30. The summed E-state index contributed by atoms with van der Waals surface area (Å²) in [6.07, 6.45) is -3.10. The van der Waals surface area contributed by atoms with Crippen LogP contribution in [-0.4, -0.2) is 6.18 Å². The molecular formula is C5H8F3N. The van der Waals surface area contributed by atoms with Gasteiger partial charge in [-0.3, -0.25) is 0 Å². The Labute approximate surface area is 51.3 Å². The van der Waals surface area contributed by atoms with Crippen LogP contribution < -0.4 is 5.73 Å². The molecule has 0 radical (unpaired) electrons. The molecule has 0 aromatic rings. The van der Waals surface area contributed by atoms with Crippen LogP contribution in [0.15, 0.2) is 11.8 Å². The van der Waals surface area contributed by atoms with Crippen LogP contribution >= 0.6 is 0 Å². The fraction of sp³-hybridized carbons (Fsp3) is 0.600. The van der Waals surface area contributed by atoms with Crippen molar-refractivity contribution in [3.63, 3.8) is 0 Å². The molecule has 0 saturated heterocycles. The van der Waals surface area contributed by atoms with Crippen molar-refractivity contribution in [2.24, 2.45) is 5.73 Å². The van der Waals surface area contributed by atoms with E-state index in [9.17, 15) is 13.2 Å². The minimum atomic E-state index is -4.35. The molecule has 0 aromatic carbocycles. The highest BCUT2D eigenvalue weighted by atomic mass is 19.4. The molecule has 2 N–H and O–H groups in total. The van der Waals surface area contributed by atoms with E-state index in [0.29, 0.717) is 6.42 Å². The second kappa shape index (κ2) is 2.75. The fourth-order valence-electron chi connectivity index (χ4n) is 0.336. The van der Waals surface area contributed by atoms with Gasteiger partial charge < -0.3 is 5.73 Å². The zero-order valence-corrected chi connectivity index (χ0v) is 5.00. The lowest BCUT2D eigenvalue weighted by molar-refractivity contribution is -0.0928. The van der Waals surface area contributed by atoms with Crippen LogP contribution in [-0.2, 0) is 0 Å². The maximum Gasteiger partial charge on any atom is 0.430 e. The standard InChI is InChI=1S/C5H8F3N/c1-2-3-4(9)5(6,7)8/h3H,2,9H2,1H3/b4-3+. The Balaban J connectivity index is 4.03. The highest BCUT2D eigenvalue weighted by Crippen LogP contribution is 2.21. The maximum atomic E-state index is 11.4. The van der Waals surface area contributed by atoms with Crippen LogP contribution in [0.1, 0.15) is 13.3 Å². The van der Waals surface area contributed by atoms with Crippen molar-refractivity contribution < 1.29 is 13.2 Å². The van der Waals surface area contributed by atoms with E-state index in [2.05, 4.69) is 5.73 Å². The quantitative estimate of drug-likeness (QED) is 0.589. The molecule has 54 valence electrons. The Bertz CT molecular complexity index is 114. The zero-order chi connectivity index (χ0) is 7.49. The molecule has 0 bridgehead atoms. The van der Waals surface area contributed by atoms with E-state index in [0.717, 1.165) is 6.08 Å². The third-order valence-corrected chi connectivity index (χ3v) is 0.751. The lowest BCUT2D eigenvalue weighted by Gasteiger charge is -2.04. The van der Waals surface area contributed by atoms with Crippen molar-refractivity contribution in [3.05, 3.63) is 11.8 Å². The molecule has 0 aliphatic heterocycles. The topological polar surface area (TPSA) is 26.0 Å². The van der Waals surface area contributed by atoms with Crippen molar-refractivity contribution >= 4 is 0 Å². The normalized spacial score (nSPS) is 14.0. The molecule has 9 heavy (non-hydrogen) atoms. The van der Waals surface area contributed by atoms with Gasteiger partial charge in [-0.25, -0.2) is 0 Å². The summed E-state index contributed by atoms with van der Waals surface area (Å²) in [6.45, 7) is 1.60. The van der Waals surface area contributed by atoms with E-state index in [1.54, 1.807) is 6.92 Å². The van der Waals surface area contributed by atoms with Gasteiger partial charge in [-0.15, -0.1) is 0 Å². The predicted octanol–water partition coefficient (Wildman–Crippen LogP) is 1.80. The highest BCUT2D eigenvalue weighted by molar-refractivity contribution is 5.02. The van der Waals surface area contributed by atoms with Gasteiger partial charge in [-0.2, -0.15) is 13.2 Å². The van der Waals surface area contributed by atoms with Gasteiger partial charge in [0.05, 0.1) is 0 Å². The fourth-order valence-corrected chi connectivity index (χ4v) is 0.336. The Morgan fingerprint density at radius 1 is 1.56 bits per heavy atom. The number of hydrogen-bond acceptors (Lipinski definition) is 1. The molecule has 0 spiro atoms. The number of hydrogen-bond donors (Lipinski definition) is 1. The molecule has 0 unspecified atom stereocenters. The minimum Gasteiger partial charge on any atom is -0.395 e. The van der Waals surface area contributed by atoms with Crippen molar-refractivity contribution in [3.8, 4) is 0 Å². The molecule has 4 heteroatoms. The molecule has 0 aliphatic carbocycles. The van der Waals surface area contributed by atoms with E-state index in [4.69, 9.17) is 0 Å². The molecule has 0 atom stereocenters. The first-order valence-electron chi connectivity index (χ1n) is 2.51. The van der Waals surface area contributed by atoms with Gasteiger partial charge in [0.1, 0.15) is 5.70 Å². The van der Waals surface area contributed by atoms with Crippen LogP contribution in [0.5, 0.6) is 0 Å². The van der Waals surface area contributed by atoms with Crippen molar-refractivity contribution in [2.75, 3.05) is 0 Å². The molecule has 0 saturated carbocycles. The number of halogens is 3. The first kappa shape index (κ1) is 8.33. The van der Waals surface area contributed by atoms with Gasteiger partial charge in [0.2, 0.25) is 0 Å². The van der Waals surface area contributed by atoms with Gasteiger partial charge >= 0.3 is 6.18 Å². The summed E-state index contributed by atoms with van der Waals surface area (Å²) >= 11 is 0. The first-order valence-corrected chi connectivity index (χ1v) is 2.51. The molecule has 0 fully saturated rings. The van der Waals surface area contributed by atoms with E-state index in [-0.39, 0.29) is 0 Å². The van der Waals surface area contributed by atoms with E-state index >= 15 is 0 Å². The lowest BCUT2D eigenvalue weighted by Crippen LogP contribution is -2.18. The summed E-state index contributed by atoms with van der Waals surface area (Å²) < 4.78 is 34.3. The smallest absolute Gasteiger partial charge is 0.395 e.